The fourth-order valence-electron chi connectivity index (χ4n) is 3.65. The van der Waals surface area contributed by atoms with Gasteiger partial charge in [-0.1, -0.05) is 39.0 Å². The second kappa shape index (κ2) is 5.98. The third-order valence-electron chi connectivity index (χ3n) is 4.84. The molecule has 2 unspecified atom stereocenters. The van der Waals surface area contributed by atoms with Gasteiger partial charge in [-0.3, -0.25) is 4.90 Å². The number of para-hydroxylation sites is 1. The molecule has 1 aromatic rings. The normalized spacial score (nSPS) is 28.1. The van der Waals surface area contributed by atoms with Crippen LogP contribution in [-0.2, 0) is 0 Å². The first-order valence-electron chi connectivity index (χ1n) is 8.30. The van der Waals surface area contributed by atoms with E-state index in [4.69, 9.17) is 4.74 Å². The van der Waals surface area contributed by atoms with Crippen LogP contribution in [0.1, 0.15) is 45.2 Å². The minimum Gasteiger partial charge on any atom is -0.492 e. The lowest BCUT2D eigenvalue weighted by Crippen LogP contribution is -2.50. The van der Waals surface area contributed by atoms with Gasteiger partial charge in [0.25, 0.3) is 0 Å². The zero-order valence-electron chi connectivity index (χ0n) is 13.6. The molecule has 0 spiro atoms. The van der Waals surface area contributed by atoms with Crippen LogP contribution in [0.25, 0.3) is 0 Å². The van der Waals surface area contributed by atoms with Crippen molar-refractivity contribution in [3.05, 3.63) is 29.8 Å². The number of nitrogens with zero attached hydrogens (tertiary/aromatic N) is 1. The van der Waals surface area contributed by atoms with Crippen LogP contribution in [0.15, 0.2) is 24.3 Å². The summed E-state index contributed by atoms with van der Waals surface area (Å²) in [6.45, 7) is 11.2. The molecule has 1 aromatic carbocycles. The Hall–Kier alpha value is -1.06. The Balaban J connectivity index is 1.83. The maximum atomic E-state index is 6.05. The van der Waals surface area contributed by atoms with Gasteiger partial charge in [0.1, 0.15) is 12.4 Å². The van der Waals surface area contributed by atoms with Crippen LogP contribution < -0.4 is 10.1 Å². The highest BCUT2D eigenvalue weighted by Crippen LogP contribution is 2.38. The summed E-state index contributed by atoms with van der Waals surface area (Å²) in [6.07, 6.45) is 2.45. The molecule has 116 valence electrons. The molecule has 1 N–H and O–H groups in total. The van der Waals surface area contributed by atoms with Crippen LogP contribution in [-0.4, -0.2) is 37.2 Å². The maximum Gasteiger partial charge on any atom is 0.124 e. The van der Waals surface area contributed by atoms with Gasteiger partial charge in [-0.05, 0) is 37.4 Å². The fraction of sp³-hybridized carbons (Fsp3) is 0.667. The highest BCUT2D eigenvalue weighted by Gasteiger charge is 2.39. The van der Waals surface area contributed by atoms with Gasteiger partial charge in [0.15, 0.2) is 0 Å². The zero-order chi connectivity index (χ0) is 14.9. The minimum absolute atomic E-state index is 0.392. The van der Waals surface area contributed by atoms with E-state index in [1.54, 1.807) is 0 Å². The molecule has 3 rings (SSSR count). The summed E-state index contributed by atoms with van der Waals surface area (Å²) >= 11 is 0. The number of ether oxygens (including phenoxy) is 1. The summed E-state index contributed by atoms with van der Waals surface area (Å²) < 4.78 is 6.05. The number of nitrogens with one attached hydrogen (secondary N) is 1. The van der Waals surface area contributed by atoms with Crippen LogP contribution >= 0.6 is 0 Å². The molecule has 1 fully saturated rings. The summed E-state index contributed by atoms with van der Waals surface area (Å²) in [7, 11) is 0. The van der Waals surface area contributed by atoms with Gasteiger partial charge in [-0.15, -0.1) is 0 Å². The van der Waals surface area contributed by atoms with Crippen molar-refractivity contribution < 1.29 is 4.74 Å². The molecule has 0 saturated carbocycles. The molecule has 0 radical (unpaired) electrons. The van der Waals surface area contributed by atoms with E-state index in [1.165, 1.54) is 25.1 Å². The van der Waals surface area contributed by atoms with E-state index >= 15 is 0 Å². The average Bonchev–Trinajstić information content (AvgIpc) is 2.84. The first kappa shape index (κ1) is 14.9. The standard InChI is InChI=1S/C18H28N2O/c1-4-10-19-17-14-7-5-6-8-16(14)21-12-15(17)20-11-9-18(2,3)13-20/h5-8,15,17,19H,4,9-13H2,1-3H3. The molecule has 21 heavy (non-hydrogen) atoms. The Morgan fingerprint density at radius 1 is 1.33 bits per heavy atom. The van der Waals surface area contributed by atoms with Gasteiger partial charge in [0.05, 0.1) is 12.1 Å². The highest BCUT2D eigenvalue weighted by molar-refractivity contribution is 5.39. The summed E-state index contributed by atoms with van der Waals surface area (Å²) in [6, 6.07) is 9.35. The predicted molar refractivity (Wildman–Crippen MR) is 86.7 cm³/mol. The molecule has 0 aromatic heterocycles. The first-order valence-corrected chi connectivity index (χ1v) is 8.30. The van der Waals surface area contributed by atoms with Crippen LogP contribution in [0.3, 0.4) is 0 Å². The summed E-state index contributed by atoms with van der Waals surface area (Å²) in [5, 5.41) is 3.76. The fourth-order valence-corrected chi connectivity index (χ4v) is 3.65. The van der Waals surface area contributed by atoms with Gasteiger partial charge in [0.2, 0.25) is 0 Å². The molecule has 2 aliphatic heterocycles. The second-order valence-corrected chi connectivity index (χ2v) is 7.23. The molecule has 2 aliphatic rings. The molecular weight excluding hydrogens is 260 g/mol. The molecule has 3 heteroatoms. The van der Waals surface area contributed by atoms with E-state index in [0.717, 1.165) is 25.3 Å². The Morgan fingerprint density at radius 3 is 2.86 bits per heavy atom. The van der Waals surface area contributed by atoms with E-state index in [9.17, 15) is 0 Å². The number of benzene rings is 1. The SMILES string of the molecule is CCCNC1c2ccccc2OCC1N1CCC(C)(C)C1. The predicted octanol–water partition coefficient (Wildman–Crippen LogP) is 3.22. The van der Waals surface area contributed by atoms with E-state index in [0.29, 0.717) is 17.5 Å². The third kappa shape index (κ3) is 3.09. The smallest absolute Gasteiger partial charge is 0.124 e. The van der Waals surface area contributed by atoms with Crippen LogP contribution in [0, 0.1) is 5.41 Å². The topological polar surface area (TPSA) is 24.5 Å². The summed E-state index contributed by atoms with van der Waals surface area (Å²) in [5.41, 5.74) is 1.76. The number of fused-ring (bicyclic) bond motifs is 1. The molecule has 0 bridgehead atoms. The van der Waals surface area contributed by atoms with Crippen molar-refractivity contribution in [3.8, 4) is 5.75 Å². The van der Waals surface area contributed by atoms with Crippen LogP contribution in [0.5, 0.6) is 5.75 Å². The lowest BCUT2D eigenvalue weighted by atomic mass is 9.92. The van der Waals surface area contributed by atoms with Gasteiger partial charge < -0.3 is 10.1 Å². The summed E-state index contributed by atoms with van der Waals surface area (Å²) in [5.74, 6) is 1.06. The third-order valence-corrected chi connectivity index (χ3v) is 4.84. The number of likely N-dealkylation sites (tertiary alicyclic amines) is 1. The highest BCUT2D eigenvalue weighted by atomic mass is 16.5. The van der Waals surface area contributed by atoms with Crippen molar-refractivity contribution in [2.45, 2.75) is 45.7 Å². The maximum absolute atomic E-state index is 6.05. The van der Waals surface area contributed by atoms with Gasteiger partial charge in [-0.2, -0.15) is 0 Å². The molecule has 0 amide bonds. The van der Waals surface area contributed by atoms with Crippen molar-refractivity contribution in [2.24, 2.45) is 5.41 Å². The monoisotopic (exact) mass is 288 g/mol. The van der Waals surface area contributed by atoms with Crippen molar-refractivity contribution in [1.29, 1.82) is 0 Å². The molecule has 2 atom stereocenters. The van der Waals surface area contributed by atoms with E-state index in [-0.39, 0.29) is 0 Å². The van der Waals surface area contributed by atoms with E-state index in [2.05, 4.69) is 55.3 Å². The number of hydrogen-bond donors (Lipinski definition) is 1. The number of hydrogen-bond acceptors (Lipinski definition) is 3. The van der Waals surface area contributed by atoms with Crippen molar-refractivity contribution >= 4 is 0 Å². The Labute approximate surface area is 128 Å². The van der Waals surface area contributed by atoms with Crippen LogP contribution in [0.2, 0.25) is 0 Å². The van der Waals surface area contributed by atoms with Crippen molar-refractivity contribution in [1.82, 2.24) is 10.2 Å². The van der Waals surface area contributed by atoms with E-state index < -0.39 is 0 Å². The lowest BCUT2D eigenvalue weighted by molar-refractivity contribution is 0.0969. The lowest BCUT2D eigenvalue weighted by Gasteiger charge is -2.40. The zero-order valence-corrected chi connectivity index (χ0v) is 13.6. The van der Waals surface area contributed by atoms with Crippen molar-refractivity contribution in [2.75, 3.05) is 26.2 Å². The largest absolute Gasteiger partial charge is 0.492 e. The minimum atomic E-state index is 0.392. The Bertz CT molecular complexity index is 486. The molecule has 0 aliphatic carbocycles. The van der Waals surface area contributed by atoms with Crippen LogP contribution in [0.4, 0.5) is 0 Å². The van der Waals surface area contributed by atoms with Gasteiger partial charge in [-0.25, -0.2) is 0 Å². The quantitative estimate of drug-likeness (QED) is 0.920. The molecule has 2 heterocycles. The molecule has 3 nitrogen and oxygen atoms in total. The molecule has 1 saturated heterocycles. The van der Waals surface area contributed by atoms with E-state index in [1.807, 2.05) is 0 Å². The van der Waals surface area contributed by atoms with Gasteiger partial charge >= 0.3 is 0 Å². The Morgan fingerprint density at radius 2 is 2.14 bits per heavy atom. The second-order valence-electron chi connectivity index (χ2n) is 7.23. The number of rotatable bonds is 4. The average molecular weight is 288 g/mol. The van der Waals surface area contributed by atoms with Crippen molar-refractivity contribution in [3.63, 3.8) is 0 Å². The first-order chi connectivity index (χ1) is 10.1. The Kier molecular flexibility index (Phi) is 4.23. The van der Waals surface area contributed by atoms with Gasteiger partial charge in [0, 0.05) is 12.1 Å². The summed E-state index contributed by atoms with van der Waals surface area (Å²) in [4.78, 5) is 2.63. The molecular formula is C18H28N2O.